The van der Waals surface area contributed by atoms with Crippen molar-refractivity contribution in [3.05, 3.63) is 29.6 Å². The van der Waals surface area contributed by atoms with Crippen LogP contribution >= 0.6 is 0 Å². The lowest BCUT2D eigenvalue weighted by molar-refractivity contribution is 0.506. The van der Waals surface area contributed by atoms with Crippen molar-refractivity contribution in [2.75, 3.05) is 13.1 Å². The van der Waals surface area contributed by atoms with E-state index in [0.717, 1.165) is 26.1 Å². The Balaban J connectivity index is 2.26. The standard InChI is InChI=1S/C10H15N3/c11-4-3-9-7-12-6-8-2-1-5-13-10(8)9/h1-2,5,9,12H,3-4,6-7,11H2. The summed E-state index contributed by atoms with van der Waals surface area (Å²) in [5.41, 5.74) is 8.13. The van der Waals surface area contributed by atoms with Gasteiger partial charge in [0.05, 0.1) is 0 Å². The summed E-state index contributed by atoms with van der Waals surface area (Å²) in [5.74, 6) is 0.509. The first-order chi connectivity index (χ1) is 6.42. The van der Waals surface area contributed by atoms with Gasteiger partial charge in [-0.2, -0.15) is 0 Å². The van der Waals surface area contributed by atoms with Gasteiger partial charge in [-0.1, -0.05) is 6.07 Å². The molecule has 0 fully saturated rings. The van der Waals surface area contributed by atoms with Crippen molar-refractivity contribution in [3.63, 3.8) is 0 Å². The Bertz CT molecular complexity index is 285. The van der Waals surface area contributed by atoms with Crippen LogP contribution in [0.1, 0.15) is 23.6 Å². The molecule has 2 heterocycles. The van der Waals surface area contributed by atoms with Crippen LogP contribution in [-0.4, -0.2) is 18.1 Å². The summed E-state index contributed by atoms with van der Waals surface area (Å²) in [6.07, 6.45) is 2.89. The van der Waals surface area contributed by atoms with E-state index < -0.39 is 0 Å². The van der Waals surface area contributed by atoms with E-state index in [1.165, 1.54) is 11.3 Å². The molecule has 0 bridgehead atoms. The minimum absolute atomic E-state index is 0.509. The van der Waals surface area contributed by atoms with Gasteiger partial charge in [-0.25, -0.2) is 0 Å². The van der Waals surface area contributed by atoms with E-state index in [0.29, 0.717) is 5.92 Å². The lowest BCUT2D eigenvalue weighted by Gasteiger charge is -2.24. The second-order valence-electron chi connectivity index (χ2n) is 3.45. The van der Waals surface area contributed by atoms with Crippen LogP contribution in [0, 0.1) is 0 Å². The molecular weight excluding hydrogens is 162 g/mol. The highest BCUT2D eigenvalue weighted by Crippen LogP contribution is 2.23. The van der Waals surface area contributed by atoms with Crippen LogP contribution in [0.5, 0.6) is 0 Å². The Morgan fingerprint density at radius 1 is 1.62 bits per heavy atom. The van der Waals surface area contributed by atoms with Crippen molar-refractivity contribution in [2.24, 2.45) is 5.73 Å². The van der Waals surface area contributed by atoms with E-state index >= 15 is 0 Å². The van der Waals surface area contributed by atoms with E-state index in [-0.39, 0.29) is 0 Å². The fraction of sp³-hybridized carbons (Fsp3) is 0.500. The number of fused-ring (bicyclic) bond motifs is 1. The van der Waals surface area contributed by atoms with Gasteiger partial charge in [0.2, 0.25) is 0 Å². The first-order valence-electron chi connectivity index (χ1n) is 4.76. The fourth-order valence-corrected chi connectivity index (χ4v) is 1.89. The SMILES string of the molecule is NCCC1CNCc2cccnc21. The molecule has 0 aromatic carbocycles. The zero-order chi connectivity index (χ0) is 9.10. The van der Waals surface area contributed by atoms with E-state index in [1.54, 1.807) is 0 Å². The third-order valence-electron chi connectivity index (χ3n) is 2.53. The molecule has 3 N–H and O–H groups in total. The smallest absolute Gasteiger partial charge is 0.0492 e. The molecule has 0 amide bonds. The molecular formula is C10H15N3. The van der Waals surface area contributed by atoms with Gasteiger partial charge in [0.1, 0.15) is 0 Å². The van der Waals surface area contributed by atoms with Gasteiger partial charge < -0.3 is 11.1 Å². The van der Waals surface area contributed by atoms with Crippen LogP contribution in [-0.2, 0) is 6.54 Å². The number of nitrogens with one attached hydrogen (secondary N) is 1. The normalized spacial score (nSPS) is 21.2. The summed E-state index contributed by atoms with van der Waals surface area (Å²) in [6.45, 7) is 2.70. The summed E-state index contributed by atoms with van der Waals surface area (Å²) >= 11 is 0. The second-order valence-corrected chi connectivity index (χ2v) is 3.45. The average Bonchev–Trinajstić information content (AvgIpc) is 2.19. The van der Waals surface area contributed by atoms with Crippen molar-refractivity contribution in [1.29, 1.82) is 0 Å². The zero-order valence-electron chi connectivity index (χ0n) is 7.66. The van der Waals surface area contributed by atoms with Gasteiger partial charge in [0.25, 0.3) is 0 Å². The van der Waals surface area contributed by atoms with Crippen LogP contribution in [0.25, 0.3) is 0 Å². The van der Waals surface area contributed by atoms with Crippen molar-refractivity contribution < 1.29 is 0 Å². The monoisotopic (exact) mass is 177 g/mol. The Morgan fingerprint density at radius 2 is 2.54 bits per heavy atom. The number of aromatic nitrogens is 1. The summed E-state index contributed by atoms with van der Waals surface area (Å²) in [6, 6.07) is 4.13. The lowest BCUT2D eigenvalue weighted by atomic mass is 9.93. The number of hydrogen-bond acceptors (Lipinski definition) is 3. The summed E-state index contributed by atoms with van der Waals surface area (Å²) in [4.78, 5) is 4.42. The van der Waals surface area contributed by atoms with Gasteiger partial charge in [0, 0.05) is 30.9 Å². The highest BCUT2D eigenvalue weighted by molar-refractivity contribution is 5.25. The fourth-order valence-electron chi connectivity index (χ4n) is 1.89. The molecule has 0 saturated carbocycles. The van der Waals surface area contributed by atoms with E-state index in [4.69, 9.17) is 5.73 Å². The Kier molecular flexibility index (Phi) is 2.57. The highest BCUT2D eigenvalue weighted by Gasteiger charge is 2.19. The maximum Gasteiger partial charge on any atom is 0.0492 e. The molecule has 0 radical (unpaired) electrons. The van der Waals surface area contributed by atoms with E-state index in [2.05, 4.69) is 16.4 Å². The van der Waals surface area contributed by atoms with Crippen molar-refractivity contribution >= 4 is 0 Å². The van der Waals surface area contributed by atoms with Crippen LogP contribution in [0.2, 0.25) is 0 Å². The number of hydrogen-bond donors (Lipinski definition) is 2. The molecule has 3 nitrogen and oxygen atoms in total. The third-order valence-corrected chi connectivity index (χ3v) is 2.53. The van der Waals surface area contributed by atoms with Crippen LogP contribution in [0.3, 0.4) is 0 Å². The van der Waals surface area contributed by atoms with Crippen LogP contribution in [0.4, 0.5) is 0 Å². The number of nitrogens with zero attached hydrogens (tertiary/aromatic N) is 1. The lowest BCUT2D eigenvalue weighted by Crippen LogP contribution is -2.30. The molecule has 3 heteroatoms. The number of pyridine rings is 1. The topological polar surface area (TPSA) is 50.9 Å². The summed E-state index contributed by atoms with van der Waals surface area (Å²) in [7, 11) is 0. The minimum Gasteiger partial charge on any atom is -0.330 e. The van der Waals surface area contributed by atoms with Gasteiger partial charge in [-0.15, -0.1) is 0 Å². The van der Waals surface area contributed by atoms with Gasteiger partial charge in [0.15, 0.2) is 0 Å². The first-order valence-corrected chi connectivity index (χ1v) is 4.76. The van der Waals surface area contributed by atoms with E-state index in [1.807, 2.05) is 12.3 Å². The van der Waals surface area contributed by atoms with E-state index in [9.17, 15) is 0 Å². The third kappa shape index (κ3) is 1.71. The molecule has 0 spiro atoms. The van der Waals surface area contributed by atoms with Gasteiger partial charge in [-0.3, -0.25) is 4.98 Å². The minimum atomic E-state index is 0.509. The average molecular weight is 177 g/mol. The predicted octanol–water partition coefficient (Wildman–Crippen LogP) is 0.617. The second kappa shape index (κ2) is 3.85. The number of nitrogens with two attached hydrogens (primary N) is 1. The molecule has 1 aromatic heterocycles. The Morgan fingerprint density at radius 3 is 3.38 bits per heavy atom. The van der Waals surface area contributed by atoms with Crippen molar-refractivity contribution in [1.82, 2.24) is 10.3 Å². The first kappa shape index (κ1) is 8.66. The zero-order valence-corrected chi connectivity index (χ0v) is 7.66. The highest BCUT2D eigenvalue weighted by atomic mass is 14.9. The maximum absolute atomic E-state index is 5.56. The molecule has 1 aliphatic rings. The van der Waals surface area contributed by atoms with Crippen molar-refractivity contribution in [3.8, 4) is 0 Å². The van der Waals surface area contributed by atoms with Crippen molar-refractivity contribution in [2.45, 2.75) is 18.9 Å². The van der Waals surface area contributed by atoms with Gasteiger partial charge in [-0.05, 0) is 24.6 Å². The van der Waals surface area contributed by atoms with Crippen LogP contribution in [0.15, 0.2) is 18.3 Å². The molecule has 1 aromatic rings. The molecule has 1 atom stereocenters. The van der Waals surface area contributed by atoms with Crippen LogP contribution < -0.4 is 11.1 Å². The molecule has 1 aliphatic heterocycles. The molecule has 2 rings (SSSR count). The molecule has 0 aliphatic carbocycles. The Hall–Kier alpha value is -0.930. The molecule has 13 heavy (non-hydrogen) atoms. The van der Waals surface area contributed by atoms with Gasteiger partial charge >= 0.3 is 0 Å². The molecule has 0 saturated heterocycles. The molecule has 1 unspecified atom stereocenters. The summed E-state index contributed by atoms with van der Waals surface area (Å²) in [5, 5.41) is 3.38. The number of rotatable bonds is 2. The largest absolute Gasteiger partial charge is 0.330 e. The molecule has 70 valence electrons. The Labute approximate surface area is 78.4 Å². The quantitative estimate of drug-likeness (QED) is 0.696. The predicted molar refractivity (Wildman–Crippen MR) is 52.4 cm³/mol. The summed E-state index contributed by atoms with van der Waals surface area (Å²) < 4.78 is 0. The maximum atomic E-state index is 5.56.